The van der Waals surface area contributed by atoms with Gasteiger partial charge in [0.15, 0.2) is 5.78 Å². The lowest BCUT2D eigenvalue weighted by Crippen LogP contribution is -2.24. The van der Waals surface area contributed by atoms with Crippen molar-refractivity contribution in [1.82, 2.24) is 0 Å². The van der Waals surface area contributed by atoms with E-state index >= 15 is 0 Å². The molecule has 1 aliphatic heterocycles. The maximum Gasteiger partial charge on any atom is 0.180 e. The third kappa shape index (κ3) is 2.62. The Balaban J connectivity index is 2.71. The van der Waals surface area contributed by atoms with Crippen LogP contribution in [0.3, 0.4) is 0 Å². The van der Waals surface area contributed by atoms with Gasteiger partial charge in [0.2, 0.25) is 0 Å². The lowest BCUT2D eigenvalue weighted by molar-refractivity contribution is -0.122. The summed E-state index contributed by atoms with van der Waals surface area (Å²) in [4.78, 5) is 26.4. The van der Waals surface area contributed by atoms with Crippen LogP contribution in [0.15, 0.2) is 16.6 Å². The highest BCUT2D eigenvalue weighted by Gasteiger charge is 2.21. The van der Waals surface area contributed by atoms with Crippen LogP contribution in [-0.4, -0.2) is 23.8 Å². The van der Waals surface area contributed by atoms with Crippen LogP contribution < -0.4 is 0 Å². The zero-order valence-corrected chi connectivity index (χ0v) is 8.78. The van der Waals surface area contributed by atoms with E-state index in [2.05, 4.69) is 4.99 Å². The van der Waals surface area contributed by atoms with Gasteiger partial charge >= 0.3 is 0 Å². The van der Waals surface area contributed by atoms with Gasteiger partial charge < -0.3 is 0 Å². The zero-order valence-electron chi connectivity index (χ0n) is 8.78. The molecule has 0 N–H and O–H groups in total. The fraction of sp³-hybridized carbons (Fsp3) is 0.545. The molecule has 0 saturated carbocycles. The second-order valence-electron chi connectivity index (χ2n) is 3.90. The lowest BCUT2D eigenvalue weighted by atomic mass is 9.96. The van der Waals surface area contributed by atoms with E-state index in [9.17, 15) is 9.59 Å². The van der Waals surface area contributed by atoms with Crippen LogP contribution in [0.5, 0.6) is 0 Å². The minimum absolute atomic E-state index is 0.00176. The standard InChI is InChI=1S/C11H15NO2/c1-7(2)9-5-11(14)10(12-6-9)4-8(3)13/h5-7,10H,4H2,1-3H3. The van der Waals surface area contributed by atoms with Crippen molar-refractivity contribution in [3.05, 3.63) is 11.6 Å². The molecule has 3 heteroatoms. The largest absolute Gasteiger partial charge is 0.300 e. The molecule has 0 aromatic rings. The Labute approximate surface area is 83.9 Å². The molecule has 3 nitrogen and oxygen atoms in total. The van der Waals surface area contributed by atoms with Gasteiger partial charge in [-0.1, -0.05) is 13.8 Å². The second-order valence-corrected chi connectivity index (χ2v) is 3.90. The lowest BCUT2D eigenvalue weighted by Gasteiger charge is -2.15. The van der Waals surface area contributed by atoms with E-state index in [1.54, 1.807) is 12.3 Å². The Morgan fingerprint density at radius 3 is 2.64 bits per heavy atom. The minimum atomic E-state index is -0.477. The predicted molar refractivity (Wildman–Crippen MR) is 55.5 cm³/mol. The fourth-order valence-electron chi connectivity index (χ4n) is 1.29. The highest BCUT2D eigenvalue weighted by Crippen LogP contribution is 2.14. The van der Waals surface area contributed by atoms with Crippen molar-refractivity contribution in [3.8, 4) is 0 Å². The normalized spacial score (nSPS) is 21.3. The molecule has 0 aliphatic carbocycles. The summed E-state index contributed by atoms with van der Waals surface area (Å²) in [6, 6.07) is -0.477. The molecule has 0 amide bonds. The Kier molecular flexibility index (Phi) is 3.33. The smallest absolute Gasteiger partial charge is 0.180 e. The molecule has 1 rings (SSSR count). The van der Waals surface area contributed by atoms with Crippen molar-refractivity contribution in [2.45, 2.75) is 33.2 Å². The number of dihydropyridines is 1. The Hall–Kier alpha value is -1.25. The van der Waals surface area contributed by atoms with Gasteiger partial charge in [0.05, 0.1) is 0 Å². The number of Topliss-reactive ketones (excluding diaryl/α,β-unsaturated/α-hetero) is 1. The van der Waals surface area contributed by atoms with E-state index in [0.29, 0.717) is 5.92 Å². The van der Waals surface area contributed by atoms with Crippen LogP contribution in [0.1, 0.15) is 27.2 Å². The van der Waals surface area contributed by atoms with Gasteiger partial charge in [-0.25, -0.2) is 0 Å². The van der Waals surface area contributed by atoms with E-state index in [4.69, 9.17) is 0 Å². The highest BCUT2D eigenvalue weighted by atomic mass is 16.1. The third-order valence-electron chi connectivity index (χ3n) is 2.19. The van der Waals surface area contributed by atoms with Gasteiger partial charge in [-0.15, -0.1) is 0 Å². The van der Waals surface area contributed by atoms with E-state index in [0.717, 1.165) is 5.57 Å². The van der Waals surface area contributed by atoms with Crippen molar-refractivity contribution >= 4 is 17.8 Å². The molecular formula is C11H15NO2. The van der Waals surface area contributed by atoms with Crippen LogP contribution in [0.4, 0.5) is 0 Å². The van der Waals surface area contributed by atoms with Crippen molar-refractivity contribution in [1.29, 1.82) is 0 Å². The molecule has 1 unspecified atom stereocenters. The van der Waals surface area contributed by atoms with E-state index < -0.39 is 6.04 Å². The number of aliphatic imine (C=N–C) groups is 1. The van der Waals surface area contributed by atoms with Crippen LogP contribution in [0, 0.1) is 5.92 Å². The molecule has 0 aromatic carbocycles. The van der Waals surface area contributed by atoms with Crippen LogP contribution in [0.2, 0.25) is 0 Å². The summed E-state index contributed by atoms with van der Waals surface area (Å²) in [6.45, 7) is 5.50. The maximum absolute atomic E-state index is 11.5. The number of hydrogen-bond acceptors (Lipinski definition) is 3. The predicted octanol–water partition coefficient (Wildman–Crippen LogP) is 1.57. The number of allylic oxidation sites excluding steroid dienone is 1. The van der Waals surface area contributed by atoms with Gasteiger partial charge in [-0.05, 0) is 24.5 Å². The number of hydrogen-bond donors (Lipinski definition) is 0. The van der Waals surface area contributed by atoms with Crippen molar-refractivity contribution < 1.29 is 9.59 Å². The SMILES string of the molecule is CC(=O)CC1N=CC(C(C)C)=CC1=O. The Bertz CT molecular complexity index is 313. The molecule has 0 spiro atoms. The number of carbonyl (C=O) groups is 2. The summed E-state index contributed by atoms with van der Waals surface area (Å²) in [5.74, 6) is 0.259. The second kappa shape index (κ2) is 4.31. The highest BCUT2D eigenvalue weighted by molar-refractivity contribution is 6.05. The molecule has 1 heterocycles. The first-order chi connectivity index (χ1) is 6.50. The van der Waals surface area contributed by atoms with E-state index in [1.165, 1.54) is 6.92 Å². The van der Waals surface area contributed by atoms with Crippen LogP contribution in [0.25, 0.3) is 0 Å². The summed E-state index contributed by atoms with van der Waals surface area (Å²) in [5.41, 5.74) is 0.940. The van der Waals surface area contributed by atoms with Crippen LogP contribution in [-0.2, 0) is 9.59 Å². The van der Waals surface area contributed by atoms with Crippen molar-refractivity contribution in [2.24, 2.45) is 10.9 Å². The Morgan fingerprint density at radius 1 is 1.57 bits per heavy atom. The molecule has 1 aliphatic rings. The number of ketones is 2. The maximum atomic E-state index is 11.5. The summed E-state index contributed by atoms with van der Waals surface area (Å²) < 4.78 is 0. The zero-order chi connectivity index (χ0) is 10.7. The number of nitrogens with zero attached hydrogens (tertiary/aromatic N) is 1. The van der Waals surface area contributed by atoms with E-state index in [1.807, 2.05) is 13.8 Å². The third-order valence-corrected chi connectivity index (χ3v) is 2.19. The monoisotopic (exact) mass is 193 g/mol. The summed E-state index contributed by atoms with van der Waals surface area (Å²) in [5, 5.41) is 0. The number of carbonyl (C=O) groups excluding carboxylic acids is 2. The molecule has 0 saturated heterocycles. The molecule has 14 heavy (non-hydrogen) atoms. The van der Waals surface area contributed by atoms with Crippen molar-refractivity contribution in [2.75, 3.05) is 0 Å². The molecule has 0 radical (unpaired) electrons. The molecular weight excluding hydrogens is 178 g/mol. The summed E-state index contributed by atoms with van der Waals surface area (Å²) in [7, 11) is 0. The van der Waals surface area contributed by atoms with Gasteiger partial charge in [-0.2, -0.15) is 0 Å². The topological polar surface area (TPSA) is 46.5 Å². The minimum Gasteiger partial charge on any atom is -0.300 e. The summed E-state index contributed by atoms with van der Waals surface area (Å²) in [6.07, 6.45) is 3.53. The average Bonchev–Trinajstić information content (AvgIpc) is 2.07. The first-order valence-corrected chi connectivity index (χ1v) is 4.78. The summed E-state index contributed by atoms with van der Waals surface area (Å²) >= 11 is 0. The first kappa shape index (κ1) is 10.8. The molecule has 1 atom stereocenters. The van der Waals surface area contributed by atoms with Gasteiger partial charge in [-0.3, -0.25) is 14.6 Å². The van der Waals surface area contributed by atoms with Gasteiger partial charge in [0, 0.05) is 12.6 Å². The molecule has 0 bridgehead atoms. The quantitative estimate of drug-likeness (QED) is 0.683. The molecule has 0 fully saturated rings. The van der Waals surface area contributed by atoms with Crippen molar-refractivity contribution in [3.63, 3.8) is 0 Å². The fourth-order valence-corrected chi connectivity index (χ4v) is 1.29. The first-order valence-electron chi connectivity index (χ1n) is 4.78. The van der Waals surface area contributed by atoms with Crippen LogP contribution >= 0.6 is 0 Å². The number of rotatable bonds is 3. The molecule has 76 valence electrons. The van der Waals surface area contributed by atoms with E-state index in [-0.39, 0.29) is 18.0 Å². The van der Waals surface area contributed by atoms with Gasteiger partial charge in [0.25, 0.3) is 0 Å². The average molecular weight is 193 g/mol. The van der Waals surface area contributed by atoms with Gasteiger partial charge in [0.1, 0.15) is 11.8 Å². The Morgan fingerprint density at radius 2 is 2.21 bits per heavy atom. The molecule has 0 aromatic heterocycles.